The van der Waals surface area contributed by atoms with Crippen LogP contribution in [-0.4, -0.2) is 23.2 Å². The highest BCUT2D eigenvalue weighted by Crippen LogP contribution is 2.26. The van der Waals surface area contributed by atoms with Crippen LogP contribution < -0.4 is 11.1 Å². The van der Waals surface area contributed by atoms with Gasteiger partial charge >= 0.3 is 0 Å². The van der Waals surface area contributed by atoms with Gasteiger partial charge in [0.2, 0.25) is 0 Å². The van der Waals surface area contributed by atoms with Gasteiger partial charge in [-0.05, 0) is 31.0 Å². The summed E-state index contributed by atoms with van der Waals surface area (Å²) >= 11 is 0. The molecule has 0 bridgehead atoms. The molecule has 1 aliphatic carbocycles. The van der Waals surface area contributed by atoms with Gasteiger partial charge in [0.05, 0.1) is 5.60 Å². The zero-order valence-electron chi connectivity index (χ0n) is 11.2. The van der Waals surface area contributed by atoms with E-state index < -0.39 is 5.60 Å². The molecular weight excluding hydrogens is 240 g/mol. The minimum Gasteiger partial charge on any atom is -0.399 e. The summed E-state index contributed by atoms with van der Waals surface area (Å²) in [6.07, 6.45) is 5.95. The van der Waals surface area contributed by atoms with Gasteiger partial charge in [-0.2, -0.15) is 0 Å². The van der Waals surface area contributed by atoms with Crippen LogP contribution in [0.3, 0.4) is 0 Å². The average molecular weight is 262 g/mol. The third-order valence-electron chi connectivity index (χ3n) is 3.76. The fourth-order valence-corrected chi connectivity index (χ4v) is 2.59. The van der Waals surface area contributed by atoms with Crippen LogP contribution >= 0.6 is 0 Å². The average Bonchev–Trinajstić information content (AvgIpc) is 2.61. The SMILES string of the molecule is Nc1cccc(C(=O)NCC2(O)CCCCCC2)c1. The first-order valence-electron chi connectivity index (χ1n) is 6.95. The molecule has 1 aromatic rings. The number of nitrogen functional groups attached to an aromatic ring is 1. The van der Waals surface area contributed by atoms with Crippen molar-refractivity contribution in [3.8, 4) is 0 Å². The quantitative estimate of drug-likeness (QED) is 0.576. The molecule has 0 heterocycles. The lowest BCUT2D eigenvalue weighted by atomic mass is 9.94. The Kier molecular flexibility index (Phi) is 4.43. The maximum atomic E-state index is 12.0. The van der Waals surface area contributed by atoms with Crippen LogP contribution in [0.2, 0.25) is 0 Å². The van der Waals surface area contributed by atoms with E-state index in [1.165, 1.54) is 12.8 Å². The van der Waals surface area contributed by atoms with Crippen molar-refractivity contribution in [2.75, 3.05) is 12.3 Å². The van der Waals surface area contributed by atoms with Crippen LogP contribution in [0.25, 0.3) is 0 Å². The Morgan fingerprint density at radius 2 is 1.95 bits per heavy atom. The smallest absolute Gasteiger partial charge is 0.251 e. The van der Waals surface area contributed by atoms with Crippen molar-refractivity contribution in [2.45, 2.75) is 44.1 Å². The zero-order valence-corrected chi connectivity index (χ0v) is 11.2. The Bertz CT molecular complexity index is 438. The number of hydrogen-bond donors (Lipinski definition) is 3. The molecule has 4 nitrogen and oxygen atoms in total. The van der Waals surface area contributed by atoms with E-state index in [-0.39, 0.29) is 5.91 Å². The van der Waals surface area contributed by atoms with Crippen LogP contribution in [0.15, 0.2) is 24.3 Å². The maximum Gasteiger partial charge on any atom is 0.251 e. The Morgan fingerprint density at radius 1 is 1.26 bits per heavy atom. The van der Waals surface area contributed by atoms with E-state index >= 15 is 0 Å². The standard InChI is InChI=1S/C15H22N2O2/c16-13-7-5-6-12(10-13)14(18)17-11-15(19)8-3-1-2-4-9-15/h5-7,10,19H,1-4,8-9,11,16H2,(H,17,18). The zero-order chi connectivity index (χ0) is 13.7. The molecule has 1 saturated carbocycles. The highest BCUT2D eigenvalue weighted by atomic mass is 16.3. The van der Waals surface area contributed by atoms with E-state index in [0.717, 1.165) is 25.7 Å². The van der Waals surface area contributed by atoms with E-state index in [4.69, 9.17) is 5.73 Å². The molecule has 104 valence electrons. The molecular formula is C15H22N2O2. The highest BCUT2D eigenvalue weighted by Gasteiger charge is 2.28. The Hall–Kier alpha value is -1.55. The molecule has 0 radical (unpaired) electrons. The van der Waals surface area contributed by atoms with Gasteiger partial charge in [-0.15, -0.1) is 0 Å². The molecule has 1 aliphatic rings. The van der Waals surface area contributed by atoms with E-state index in [1.807, 2.05) is 0 Å². The number of amides is 1. The molecule has 0 aliphatic heterocycles. The first kappa shape index (κ1) is 13.9. The van der Waals surface area contributed by atoms with Crippen molar-refractivity contribution in [1.29, 1.82) is 0 Å². The number of nitrogens with one attached hydrogen (secondary N) is 1. The minimum atomic E-state index is -0.744. The predicted octanol–water partition coefficient (Wildman–Crippen LogP) is 2.08. The van der Waals surface area contributed by atoms with E-state index in [9.17, 15) is 9.90 Å². The lowest BCUT2D eigenvalue weighted by molar-refractivity contribution is 0.0246. The largest absolute Gasteiger partial charge is 0.399 e. The molecule has 0 aromatic heterocycles. The normalized spacial score (nSPS) is 18.6. The maximum absolute atomic E-state index is 12.0. The van der Waals surface area contributed by atoms with Gasteiger partial charge < -0.3 is 16.2 Å². The fourth-order valence-electron chi connectivity index (χ4n) is 2.59. The first-order chi connectivity index (χ1) is 9.09. The van der Waals surface area contributed by atoms with Crippen LogP contribution in [0.4, 0.5) is 5.69 Å². The number of nitrogens with two attached hydrogens (primary N) is 1. The second-order valence-electron chi connectivity index (χ2n) is 5.45. The van der Waals surface area contributed by atoms with Gasteiger partial charge in [0.25, 0.3) is 5.91 Å². The molecule has 4 heteroatoms. The number of carbonyl (C=O) groups excluding carboxylic acids is 1. The van der Waals surface area contributed by atoms with Crippen molar-refractivity contribution < 1.29 is 9.90 Å². The molecule has 0 atom stereocenters. The number of benzene rings is 1. The second-order valence-corrected chi connectivity index (χ2v) is 5.45. The molecule has 1 amide bonds. The third kappa shape index (κ3) is 3.96. The summed E-state index contributed by atoms with van der Waals surface area (Å²) in [5.41, 5.74) is 6.02. The molecule has 0 unspecified atom stereocenters. The molecule has 2 rings (SSSR count). The van der Waals surface area contributed by atoms with Crippen LogP contribution in [0, 0.1) is 0 Å². The number of rotatable bonds is 3. The third-order valence-corrected chi connectivity index (χ3v) is 3.76. The second kappa shape index (κ2) is 6.06. The number of anilines is 1. The summed E-state index contributed by atoms with van der Waals surface area (Å²) in [7, 11) is 0. The highest BCUT2D eigenvalue weighted by molar-refractivity contribution is 5.95. The summed E-state index contributed by atoms with van der Waals surface area (Å²) in [4.78, 5) is 12.0. The molecule has 19 heavy (non-hydrogen) atoms. The van der Waals surface area contributed by atoms with Gasteiger partial charge in [0.1, 0.15) is 0 Å². The summed E-state index contributed by atoms with van der Waals surface area (Å²) in [6, 6.07) is 6.87. The van der Waals surface area contributed by atoms with Gasteiger partial charge in [0, 0.05) is 17.8 Å². The topological polar surface area (TPSA) is 75.4 Å². The summed E-state index contributed by atoms with van der Waals surface area (Å²) in [5, 5.41) is 13.3. The Labute approximate surface area is 114 Å². The fraction of sp³-hybridized carbons (Fsp3) is 0.533. The van der Waals surface area contributed by atoms with E-state index in [0.29, 0.717) is 17.8 Å². The lowest BCUT2D eigenvalue weighted by Gasteiger charge is -2.26. The van der Waals surface area contributed by atoms with Crippen molar-refractivity contribution in [2.24, 2.45) is 0 Å². The van der Waals surface area contributed by atoms with Crippen molar-refractivity contribution >= 4 is 11.6 Å². The summed E-state index contributed by atoms with van der Waals surface area (Å²) in [5.74, 6) is -0.176. The van der Waals surface area contributed by atoms with E-state index in [1.54, 1.807) is 24.3 Å². The first-order valence-corrected chi connectivity index (χ1v) is 6.95. The van der Waals surface area contributed by atoms with Crippen LogP contribution in [-0.2, 0) is 0 Å². The van der Waals surface area contributed by atoms with Gasteiger partial charge in [0.15, 0.2) is 0 Å². The van der Waals surface area contributed by atoms with Crippen LogP contribution in [0.1, 0.15) is 48.9 Å². The Balaban J connectivity index is 1.92. The molecule has 1 aromatic carbocycles. The number of aliphatic hydroxyl groups is 1. The van der Waals surface area contributed by atoms with Crippen molar-refractivity contribution in [3.05, 3.63) is 29.8 Å². The van der Waals surface area contributed by atoms with Gasteiger partial charge in [-0.25, -0.2) is 0 Å². The monoisotopic (exact) mass is 262 g/mol. The molecule has 0 saturated heterocycles. The Morgan fingerprint density at radius 3 is 2.58 bits per heavy atom. The predicted molar refractivity (Wildman–Crippen MR) is 75.8 cm³/mol. The lowest BCUT2D eigenvalue weighted by Crippen LogP contribution is -2.42. The number of carbonyl (C=O) groups is 1. The van der Waals surface area contributed by atoms with Crippen LogP contribution in [0.5, 0.6) is 0 Å². The summed E-state index contributed by atoms with van der Waals surface area (Å²) in [6.45, 7) is 0.320. The molecule has 4 N–H and O–H groups in total. The molecule has 1 fully saturated rings. The van der Waals surface area contributed by atoms with Gasteiger partial charge in [-0.1, -0.05) is 31.7 Å². The van der Waals surface area contributed by atoms with E-state index in [2.05, 4.69) is 5.32 Å². The molecule has 0 spiro atoms. The van der Waals surface area contributed by atoms with Gasteiger partial charge in [-0.3, -0.25) is 4.79 Å². The van der Waals surface area contributed by atoms with Crippen molar-refractivity contribution in [1.82, 2.24) is 5.32 Å². The van der Waals surface area contributed by atoms with Crippen molar-refractivity contribution in [3.63, 3.8) is 0 Å². The minimum absolute atomic E-state index is 0.176. The number of hydrogen-bond acceptors (Lipinski definition) is 3. The summed E-state index contributed by atoms with van der Waals surface area (Å²) < 4.78 is 0.